The van der Waals surface area contributed by atoms with Crippen LogP contribution in [0.25, 0.3) is 6.08 Å². The molecule has 0 aliphatic carbocycles. The van der Waals surface area contributed by atoms with Crippen molar-refractivity contribution in [3.63, 3.8) is 0 Å². The average Bonchev–Trinajstić information content (AvgIpc) is 3.22. The molecule has 0 saturated carbocycles. The van der Waals surface area contributed by atoms with Gasteiger partial charge in [-0.2, -0.15) is 0 Å². The number of amides is 1. The SMILES string of the molecule is CCOC(=O)N1CCN(Cc2c(O)cc(C)c3c2O/C(=C/c2cc(OC)c(OC)cc2OC)C3=O)CC1. The monoisotopic (exact) mass is 512 g/mol. The van der Waals surface area contributed by atoms with Gasteiger partial charge in [-0.15, -0.1) is 0 Å². The van der Waals surface area contributed by atoms with Gasteiger partial charge in [0.1, 0.15) is 17.2 Å². The summed E-state index contributed by atoms with van der Waals surface area (Å²) in [5.74, 6) is 1.70. The number of carbonyl (C=O) groups is 2. The van der Waals surface area contributed by atoms with Gasteiger partial charge in [-0.3, -0.25) is 9.69 Å². The summed E-state index contributed by atoms with van der Waals surface area (Å²) in [7, 11) is 4.58. The maximum Gasteiger partial charge on any atom is 0.409 e. The molecular weight excluding hydrogens is 480 g/mol. The highest BCUT2D eigenvalue weighted by molar-refractivity contribution is 6.16. The summed E-state index contributed by atoms with van der Waals surface area (Å²) in [5, 5.41) is 10.8. The minimum Gasteiger partial charge on any atom is -0.507 e. The maximum atomic E-state index is 13.4. The third-order valence-corrected chi connectivity index (χ3v) is 6.52. The Labute approximate surface area is 215 Å². The van der Waals surface area contributed by atoms with Crippen LogP contribution in [0, 0.1) is 6.92 Å². The molecule has 2 aliphatic rings. The average molecular weight is 513 g/mol. The Bertz CT molecular complexity index is 1230. The number of hydrogen-bond acceptors (Lipinski definition) is 9. The van der Waals surface area contributed by atoms with E-state index >= 15 is 0 Å². The number of methoxy groups -OCH3 is 3. The standard InChI is InChI=1S/C27H32N2O8/c1-6-36-27(32)29-9-7-28(8-10-29)15-18-19(30)11-16(2)24-25(31)23(37-26(18)24)13-17-12-21(34-4)22(35-5)14-20(17)33-3/h11-14,30H,6-10,15H2,1-5H3/b23-13+. The maximum absolute atomic E-state index is 13.4. The summed E-state index contributed by atoms with van der Waals surface area (Å²) in [6, 6.07) is 4.97. The van der Waals surface area contributed by atoms with E-state index in [1.165, 1.54) is 21.3 Å². The van der Waals surface area contributed by atoms with E-state index in [4.69, 9.17) is 23.7 Å². The molecule has 0 aromatic heterocycles. The first-order valence-corrected chi connectivity index (χ1v) is 12.0. The van der Waals surface area contributed by atoms with Gasteiger partial charge < -0.3 is 33.7 Å². The highest BCUT2D eigenvalue weighted by Crippen LogP contribution is 2.43. The number of rotatable bonds is 7. The number of ketones is 1. The van der Waals surface area contributed by atoms with Crippen LogP contribution in [0.2, 0.25) is 0 Å². The molecule has 4 rings (SSSR count). The second kappa shape index (κ2) is 11.0. The second-order valence-electron chi connectivity index (χ2n) is 8.75. The zero-order chi connectivity index (χ0) is 26.7. The number of allylic oxidation sites excluding steroid dienone is 1. The largest absolute Gasteiger partial charge is 0.507 e. The number of nitrogens with zero attached hydrogens (tertiary/aromatic N) is 2. The quantitative estimate of drug-likeness (QED) is 0.557. The number of benzene rings is 2. The van der Waals surface area contributed by atoms with Gasteiger partial charge in [0.15, 0.2) is 17.3 Å². The summed E-state index contributed by atoms with van der Waals surface area (Å²) in [4.78, 5) is 29.2. The third-order valence-electron chi connectivity index (χ3n) is 6.52. The van der Waals surface area contributed by atoms with Gasteiger partial charge in [-0.25, -0.2) is 4.79 Å². The van der Waals surface area contributed by atoms with E-state index in [1.54, 1.807) is 43.0 Å². The van der Waals surface area contributed by atoms with Crippen molar-refractivity contribution in [1.82, 2.24) is 9.80 Å². The van der Waals surface area contributed by atoms with Crippen molar-refractivity contribution in [2.24, 2.45) is 0 Å². The highest BCUT2D eigenvalue weighted by atomic mass is 16.6. The van der Waals surface area contributed by atoms with E-state index in [-0.39, 0.29) is 23.4 Å². The summed E-state index contributed by atoms with van der Waals surface area (Å²) < 4.78 is 27.4. The van der Waals surface area contributed by atoms with Crippen LogP contribution >= 0.6 is 0 Å². The molecule has 1 saturated heterocycles. The molecule has 10 nitrogen and oxygen atoms in total. The number of phenols is 1. The molecule has 2 aromatic rings. The van der Waals surface area contributed by atoms with Crippen LogP contribution in [-0.2, 0) is 11.3 Å². The number of hydrogen-bond donors (Lipinski definition) is 1. The highest BCUT2D eigenvalue weighted by Gasteiger charge is 2.34. The summed E-state index contributed by atoms with van der Waals surface area (Å²) in [5.41, 5.74) is 2.15. The molecule has 0 radical (unpaired) electrons. The fourth-order valence-electron chi connectivity index (χ4n) is 4.57. The molecule has 2 aromatic carbocycles. The van der Waals surface area contributed by atoms with Crippen molar-refractivity contribution in [3.8, 4) is 28.7 Å². The first-order chi connectivity index (χ1) is 17.8. The number of carbonyl (C=O) groups excluding carboxylic acids is 2. The summed E-state index contributed by atoms with van der Waals surface area (Å²) in [6.07, 6.45) is 1.28. The molecule has 37 heavy (non-hydrogen) atoms. The fraction of sp³-hybridized carbons (Fsp3) is 0.407. The van der Waals surface area contributed by atoms with E-state index in [9.17, 15) is 14.7 Å². The van der Waals surface area contributed by atoms with Crippen LogP contribution in [0.1, 0.15) is 34.0 Å². The Morgan fingerprint density at radius 1 is 1.03 bits per heavy atom. The minimum atomic E-state index is -0.324. The summed E-state index contributed by atoms with van der Waals surface area (Å²) in [6.45, 7) is 6.46. The van der Waals surface area contributed by atoms with Gasteiger partial charge in [-0.05, 0) is 37.6 Å². The third kappa shape index (κ3) is 5.15. The van der Waals surface area contributed by atoms with Crippen LogP contribution < -0.4 is 18.9 Å². The number of Topliss-reactive ketones (excluding diaryl/α,β-unsaturated/α-hetero) is 1. The van der Waals surface area contributed by atoms with E-state index in [2.05, 4.69) is 4.90 Å². The Kier molecular flexibility index (Phi) is 7.77. The molecule has 0 bridgehead atoms. The van der Waals surface area contributed by atoms with E-state index in [1.807, 2.05) is 0 Å². The van der Waals surface area contributed by atoms with E-state index in [0.29, 0.717) is 84.6 Å². The van der Waals surface area contributed by atoms with Crippen molar-refractivity contribution in [2.75, 3.05) is 54.1 Å². The number of piperazine rings is 1. The Hall–Kier alpha value is -3.92. The normalized spacial score (nSPS) is 16.4. The molecule has 10 heteroatoms. The lowest BCUT2D eigenvalue weighted by molar-refractivity contribution is 0.0774. The van der Waals surface area contributed by atoms with Gasteiger partial charge in [0, 0.05) is 44.4 Å². The smallest absolute Gasteiger partial charge is 0.409 e. The van der Waals surface area contributed by atoms with Crippen molar-refractivity contribution >= 4 is 18.0 Å². The van der Waals surface area contributed by atoms with Gasteiger partial charge in [0.05, 0.1) is 39.1 Å². The molecule has 0 atom stereocenters. The van der Waals surface area contributed by atoms with Crippen LogP contribution in [0.15, 0.2) is 24.0 Å². The summed E-state index contributed by atoms with van der Waals surface area (Å²) >= 11 is 0. The second-order valence-corrected chi connectivity index (χ2v) is 8.75. The number of fused-ring (bicyclic) bond motifs is 1. The molecule has 0 unspecified atom stereocenters. The lowest BCUT2D eigenvalue weighted by Crippen LogP contribution is -2.48. The van der Waals surface area contributed by atoms with E-state index < -0.39 is 0 Å². The van der Waals surface area contributed by atoms with Gasteiger partial charge in [0.2, 0.25) is 5.78 Å². The van der Waals surface area contributed by atoms with Crippen LogP contribution in [0.5, 0.6) is 28.7 Å². The molecule has 1 amide bonds. The van der Waals surface area contributed by atoms with Crippen molar-refractivity contribution in [3.05, 3.63) is 46.2 Å². The molecule has 1 fully saturated rings. The fourth-order valence-corrected chi connectivity index (χ4v) is 4.57. The Balaban J connectivity index is 1.61. The number of ether oxygens (including phenoxy) is 5. The van der Waals surface area contributed by atoms with Gasteiger partial charge in [0.25, 0.3) is 0 Å². The first kappa shape index (κ1) is 26.2. The van der Waals surface area contributed by atoms with Crippen molar-refractivity contribution in [1.29, 1.82) is 0 Å². The zero-order valence-electron chi connectivity index (χ0n) is 21.8. The molecule has 2 heterocycles. The molecular formula is C27H32N2O8. The number of aromatic hydroxyl groups is 1. The lowest BCUT2D eigenvalue weighted by atomic mass is 9.99. The van der Waals surface area contributed by atoms with Gasteiger partial charge in [-0.1, -0.05) is 0 Å². The topological polar surface area (TPSA) is 107 Å². The predicted molar refractivity (Wildman–Crippen MR) is 136 cm³/mol. The van der Waals surface area contributed by atoms with Crippen LogP contribution in [0.3, 0.4) is 0 Å². The van der Waals surface area contributed by atoms with Crippen LogP contribution in [0.4, 0.5) is 4.79 Å². The molecule has 0 spiro atoms. The molecule has 198 valence electrons. The van der Waals surface area contributed by atoms with Crippen molar-refractivity contribution < 1.29 is 38.4 Å². The number of aryl methyl sites for hydroxylation is 1. The van der Waals surface area contributed by atoms with E-state index in [0.717, 1.165) is 0 Å². The Morgan fingerprint density at radius 2 is 1.68 bits per heavy atom. The minimum absolute atomic E-state index is 0.0572. The Morgan fingerprint density at radius 3 is 2.30 bits per heavy atom. The lowest BCUT2D eigenvalue weighted by Gasteiger charge is -2.34. The zero-order valence-corrected chi connectivity index (χ0v) is 21.8. The first-order valence-electron chi connectivity index (χ1n) is 12.0. The van der Waals surface area contributed by atoms with Gasteiger partial charge >= 0.3 is 6.09 Å². The molecule has 2 aliphatic heterocycles. The molecule has 1 N–H and O–H groups in total. The number of phenolic OH excluding ortho intramolecular Hbond substituents is 1. The predicted octanol–water partition coefficient (Wildman–Crippen LogP) is 3.62. The van der Waals surface area contributed by atoms with Crippen LogP contribution in [-0.4, -0.2) is 80.9 Å². The van der Waals surface area contributed by atoms with Crippen molar-refractivity contribution in [2.45, 2.75) is 20.4 Å².